The summed E-state index contributed by atoms with van der Waals surface area (Å²) in [7, 11) is 5.22. The Labute approximate surface area is 190 Å². The number of benzene rings is 2. The van der Waals surface area contributed by atoms with E-state index in [1.165, 1.54) is 5.69 Å². The Morgan fingerprint density at radius 3 is 2.34 bits per heavy atom. The summed E-state index contributed by atoms with van der Waals surface area (Å²) in [6.07, 6.45) is 0.837. The van der Waals surface area contributed by atoms with Crippen LogP contribution in [0.1, 0.15) is 5.56 Å². The Hall–Kier alpha value is -2.16. The Balaban J connectivity index is 0.00000300. The molecular formula is C22H31IN4O2. The van der Waals surface area contributed by atoms with Gasteiger partial charge in [0.15, 0.2) is 5.96 Å². The van der Waals surface area contributed by atoms with E-state index in [9.17, 15) is 0 Å². The molecule has 1 aliphatic heterocycles. The number of nitrogens with zero attached hydrogens (tertiary/aromatic N) is 3. The second-order valence-corrected chi connectivity index (χ2v) is 6.71. The van der Waals surface area contributed by atoms with Crippen LogP contribution in [0.3, 0.4) is 0 Å². The lowest BCUT2D eigenvalue weighted by Gasteiger charge is -2.37. The van der Waals surface area contributed by atoms with Gasteiger partial charge in [0, 0.05) is 45.5 Å². The van der Waals surface area contributed by atoms with Gasteiger partial charge in [-0.05, 0) is 42.3 Å². The molecule has 0 aliphatic carbocycles. The van der Waals surface area contributed by atoms with E-state index in [1.54, 1.807) is 14.2 Å². The third-order valence-electron chi connectivity index (χ3n) is 5.08. The van der Waals surface area contributed by atoms with Crippen molar-refractivity contribution in [1.29, 1.82) is 0 Å². The number of aliphatic imine (C=N–C) groups is 1. The Kier molecular flexibility index (Phi) is 9.37. The lowest BCUT2D eigenvalue weighted by atomic mass is 10.1. The van der Waals surface area contributed by atoms with Crippen LogP contribution in [-0.2, 0) is 6.42 Å². The zero-order valence-electron chi connectivity index (χ0n) is 17.4. The molecule has 1 fully saturated rings. The molecule has 1 N–H and O–H groups in total. The van der Waals surface area contributed by atoms with Crippen LogP contribution in [0.5, 0.6) is 11.5 Å². The zero-order valence-corrected chi connectivity index (χ0v) is 19.8. The summed E-state index contributed by atoms with van der Waals surface area (Å²) in [6, 6.07) is 16.5. The maximum absolute atomic E-state index is 5.47. The predicted molar refractivity (Wildman–Crippen MR) is 130 cm³/mol. The van der Waals surface area contributed by atoms with Crippen LogP contribution in [0, 0.1) is 0 Å². The van der Waals surface area contributed by atoms with Crippen LogP contribution in [0.2, 0.25) is 0 Å². The van der Waals surface area contributed by atoms with E-state index in [-0.39, 0.29) is 24.0 Å². The summed E-state index contributed by atoms with van der Waals surface area (Å²) in [6.45, 7) is 4.69. The van der Waals surface area contributed by atoms with Gasteiger partial charge in [0.05, 0.1) is 14.2 Å². The topological polar surface area (TPSA) is 49.3 Å². The fraction of sp³-hybridized carbons (Fsp3) is 0.409. The van der Waals surface area contributed by atoms with Crippen molar-refractivity contribution < 1.29 is 9.47 Å². The molecule has 7 heteroatoms. The standard InChI is InChI=1S/C22H30N4O2.HI/c1-23-22(24-12-11-18-17-20(27-2)9-10-21(18)28-3)26-15-13-25(14-16-26)19-7-5-4-6-8-19;/h4-10,17H,11-16H2,1-3H3,(H,23,24);1H. The minimum atomic E-state index is 0. The summed E-state index contributed by atoms with van der Waals surface area (Å²) >= 11 is 0. The number of hydrogen-bond acceptors (Lipinski definition) is 4. The molecule has 1 saturated heterocycles. The molecular weight excluding hydrogens is 479 g/mol. The zero-order chi connectivity index (χ0) is 19.8. The monoisotopic (exact) mass is 510 g/mol. The molecule has 0 atom stereocenters. The van der Waals surface area contributed by atoms with Gasteiger partial charge < -0.3 is 24.6 Å². The van der Waals surface area contributed by atoms with Crippen LogP contribution < -0.4 is 19.7 Å². The number of rotatable bonds is 6. The fourth-order valence-corrected chi connectivity index (χ4v) is 3.53. The van der Waals surface area contributed by atoms with E-state index in [0.717, 1.165) is 62.2 Å². The predicted octanol–water partition coefficient (Wildman–Crippen LogP) is 3.26. The van der Waals surface area contributed by atoms with Gasteiger partial charge >= 0.3 is 0 Å². The molecule has 29 heavy (non-hydrogen) atoms. The van der Waals surface area contributed by atoms with Crippen LogP contribution in [0.4, 0.5) is 5.69 Å². The van der Waals surface area contributed by atoms with E-state index < -0.39 is 0 Å². The molecule has 2 aromatic carbocycles. The molecule has 0 unspecified atom stereocenters. The van der Waals surface area contributed by atoms with Crippen molar-refractivity contribution in [1.82, 2.24) is 10.2 Å². The molecule has 3 rings (SSSR count). The number of piperazine rings is 1. The second kappa shape index (κ2) is 11.7. The third kappa shape index (κ3) is 6.16. The van der Waals surface area contributed by atoms with Crippen molar-refractivity contribution in [2.75, 3.05) is 58.9 Å². The van der Waals surface area contributed by atoms with Crippen LogP contribution in [-0.4, -0.2) is 64.9 Å². The third-order valence-corrected chi connectivity index (χ3v) is 5.08. The average molecular weight is 510 g/mol. The van der Waals surface area contributed by atoms with Gasteiger partial charge in [-0.1, -0.05) is 18.2 Å². The largest absolute Gasteiger partial charge is 0.497 e. The first-order valence-corrected chi connectivity index (χ1v) is 9.71. The summed E-state index contributed by atoms with van der Waals surface area (Å²) in [5.41, 5.74) is 2.41. The summed E-state index contributed by atoms with van der Waals surface area (Å²) in [4.78, 5) is 9.22. The number of para-hydroxylation sites is 1. The van der Waals surface area contributed by atoms with Crippen LogP contribution in [0.25, 0.3) is 0 Å². The molecule has 0 spiro atoms. The lowest BCUT2D eigenvalue weighted by Crippen LogP contribution is -2.52. The van der Waals surface area contributed by atoms with Gasteiger partial charge in [-0.25, -0.2) is 0 Å². The van der Waals surface area contributed by atoms with Crippen molar-refractivity contribution in [2.24, 2.45) is 4.99 Å². The number of halogens is 1. The van der Waals surface area contributed by atoms with E-state index in [2.05, 4.69) is 50.4 Å². The smallest absolute Gasteiger partial charge is 0.193 e. The number of nitrogens with one attached hydrogen (secondary N) is 1. The normalized spacial score (nSPS) is 14.2. The van der Waals surface area contributed by atoms with Gasteiger partial charge in [-0.2, -0.15) is 0 Å². The Morgan fingerprint density at radius 1 is 1.00 bits per heavy atom. The molecule has 0 bridgehead atoms. The van der Waals surface area contributed by atoms with Gasteiger partial charge in [0.1, 0.15) is 11.5 Å². The highest BCUT2D eigenvalue weighted by Crippen LogP contribution is 2.24. The first-order valence-electron chi connectivity index (χ1n) is 9.71. The van der Waals surface area contributed by atoms with Crippen molar-refractivity contribution in [3.8, 4) is 11.5 Å². The number of ether oxygens (including phenoxy) is 2. The lowest BCUT2D eigenvalue weighted by molar-refractivity contribution is 0.372. The number of guanidine groups is 1. The van der Waals surface area contributed by atoms with Crippen molar-refractivity contribution >= 4 is 35.6 Å². The molecule has 0 radical (unpaired) electrons. The highest BCUT2D eigenvalue weighted by Gasteiger charge is 2.19. The number of hydrogen-bond donors (Lipinski definition) is 1. The SMILES string of the molecule is CN=C(NCCc1cc(OC)ccc1OC)N1CCN(c2ccccc2)CC1.I. The Morgan fingerprint density at radius 2 is 1.72 bits per heavy atom. The second-order valence-electron chi connectivity index (χ2n) is 6.71. The highest BCUT2D eigenvalue weighted by atomic mass is 127. The summed E-state index contributed by atoms with van der Waals surface area (Å²) in [5, 5.41) is 3.49. The molecule has 0 aromatic heterocycles. The van der Waals surface area contributed by atoms with Gasteiger partial charge in [-0.3, -0.25) is 4.99 Å². The first kappa shape index (κ1) is 23.1. The van der Waals surface area contributed by atoms with Crippen molar-refractivity contribution in [3.05, 3.63) is 54.1 Å². The molecule has 0 saturated carbocycles. The van der Waals surface area contributed by atoms with Crippen molar-refractivity contribution in [2.45, 2.75) is 6.42 Å². The molecule has 1 aliphatic rings. The van der Waals surface area contributed by atoms with E-state index in [1.807, 2.05) is 25.2 Å². The maximum Gasteiger partial charge on any atom is 0.193 e. The van der Waals surface area contributed by atoms with Crippen LogP contribution >= 0.6 is 24.0 Å². The van der Waals surface area contributed by atoms with Gasteiger partial charge in [-0.15, -0.1) is 24.0 Å². The average Bonchev–Trinajstić information content (AvgIpc) is 2.77. The van der Waals surface area contributed by atoms with E-state index in [0.29, 0.717) is 0 Å². The quantitative estimate of drug-likeness (QED) is 0.368. The molecule has 0 amide bonds. The molecule has 1 heterocycles. The van der Waals surface area contributed by atoms with Gasteiger partial charge in [0.25, 0.3) is 0 Å². The minimum Gasteiger partial charge on any atom is -0.497 e. The molecule has 158 valence electrons. The number of anilines is 1. The molecule has 2 aromatic rings. The van der Waals surface area contributed by atoms with Gasteiger partial charge in [0.2, 0.25) is 0 Å². The molecule has 6 nitrogen and oxygen atoms in total. The maximum atomic E-state index is 5.47. The Bertz CT molecular complexity index is 778. The van der Waals surface area contributed by atoms with E-state index >= 15 is 0 Å². The highest BCUT2D eigenvalue weighted by molar-refractivity contribution is 14.0. The minimum absolute atomic E-state index is 0. The number of methoxy groups -OCH3 is 2. The summed E-state index contributed by atoms with van der Waals surface area (Å²) < 4.78 is 10.8. The summed E-state index contributed by atoms with van der Waals surface area (Å²) in [5.74, 6) is 2.68. The van der Waals surface area contributed by atoms with E-state index in [4.69, 9.17) is 9.47 Å². The van der Waals surface area contributed by atoms with Crippen molar-refractivity contribution in [3.63, 3.8) is 0 Å². The van der Waals surface area contributed by atoms with Crippen LogP contribution in [0.15, 0.2) is 53.5 Å². The fourth-order valence-electron chi connectivity index (χ4n) is 3.53. The first-order chi connectivity index (χ1) is 13.7.